The smallest absolute Gasteiger partial charge is 0.375 e. The van der Waals surface area contributed by atoms with Crippen LogP contribution in [-0.4, -0.2) is 36.9 Å². The Morgan fingerprint density at radius 1 is 1.20 bits per heavy atom. The molecule has 6 heteroatoms. The second-order valence-electron chi connectivity index (χ2n) is 2.87. The van der Waals surface area contributed by atoms with Crippen LogP contribution in [0.25, 0.3) is 0 Å². The minimum atomic E-state index is -3.23. The summed E-state index contributed by atoms with van der Waals surface area (Å²) in [4.78, 5) is 13.0. The third-order valence-corrected chi connectivity index (χ3v) is 3.81. The maximum absolute atomic E-state index is 11.8. The summed E-state index contributed by atoms with van der Waals surface area (Å²) in [6, 6.07) is 0. The fourth-order valence-corrected chi connectivity index (χ4v) is 2.15. The molecule has 1 atom stereocenters. The molecular weight excluding hydrogens is 217 g/mol. The fourth-order valence-electron chi connectivity index (χ4n) is 1.04. The van der Waals surface area contributed by atoms with Crippen molar-refractivity contribution in [1.82, 2.24) is 4.90 Å². The molecule has 0 spiro atoms. The molecule has 0 aromatic heterocycles. The Morgan fingerprint density at radius 2 is 1.73 bits per heavy atom. The Hall–Kier alpha value is -0.540. The molecule has 0 rings (SSSR count). The van der Waals surface area contributed by atoms with Crippen LogP contribution >= 0.6 is 7.60 Å². The predicted molar refractivity (Wildman–Crippen MR) is 59.2 cm³/mol. The van der Waals surface area contributed by atoms with E-state index in [0.29, 0.717) is 13.1 Å². The van der Waals surface area contributed by atoms with E-state index in [1.165, 1.54) is 4.90 Å². The van der Waals surface area contributed by atoms with E-state index in [1.54, 1.807) is 13.8 Å². The summed E-state index contributed by atoms with van der Waals surface area (Å²) in [6.07, 6.45) is -0.368. The van der Waals surface area contributed by atoms with E-state index in [2.05, 4.69) is 0 Å². The highest BCUT2D eigenvalue weighted by molar-refractivity contribution is 7.54. The lowest BCUT2D eigenvalue weighted by Gasteiger charge is -2.22. The Kier molecular flexibility index (Phi) is 6.61. The molecule has 0 bridgehead atoms. The molecule has 0 radical (unpaired) electrons. The highest BCUT2D eigenvalue weighted by Gasteiger charge is 2.27. The zero-order chi connectivity index (χ0) is 11.9. The lowest BCUT2D eigenvalue weighted by Crippen LogP contribution is -2.30. The molecule has 0 N–H and O–H groups in total. The molecule has 0 aliphatic heterocycles. The van der Waals surface area contributed by atoms with Crippen molar-refractivity contribution >= 4 is 13.7 Å². The van der Waals surface area contributed by atoms with Gasteiger partial charge in [-0.1, -0.05) is 6.92 Å². The van der Waals surface area contributed by atoms with E-state index in [-0.39, 0.29) is 12.8 Å². The van der Waals surface area contributed by atoms with Crippen LogP contribution in [0.1, 0.15) is 27.7 Å². The van der Waals surface area contributed by atoms with E-state index in [9.17, 15) is 9.36 Å². The molecule has 5 nitrogen and oxygen atoms in total. The molecule has 1 amide bonds. The SMILES string of the molecule is CCOP(=O)(CC)OC(=O)N(CC)CC. The van der Waals surface area contributed by atoms with E-state index < -0.39 is 13.7 Å². The third kappa shape index (κ3) is 4.67. The lowest BCUT2D eigenvalue weighted by molar-refractivity contribution is 0.144. The third-order valence-electron chi connectivity index (χ3n) is 1.95. The van der Waals surface area contributed by atoms with Gasteiger partial charge in [-0.15, -0.1) is 0 Å². The lowest BCUT2D eigenvalue weighted by atomic mass is 10.6. The Morgan fingerprint density at radius 3 is 2.07 bits per heavy atom. The van der Waals surface area contributed by atoms with E-state index in [1.807, 2.05) is 13.8 Å². The summed E-state index contributed by atoms with van der Waals surface area (Å²) in [7, 11) is -3.23. The molecule has 15 heavy (non-hydrogen) atoms. The van der Waals surface area contributed by atoms with Crippen LogP contribution in [0.4, 0.5) is 4.79 Å². The number of carbonyl (C=O) groups is 1. The van der Waals surface area contributed by atoms with Gasteiger partial charge in [-0.2, -0.15) is 0 Å². The van der Waals surface area contributed by atoms with Crippen LogP contribution in [-0.2, 0) is 13.6 Å². The van der Waals surface area contributed by atoms with Gasteiger partial charge in [0.1, 0.15) is 0 Å². The average Bonchev–Trinajstić information content (AvgIpc) is 2.20. The first-order chi connectivity index (χ1) is 7.02. The Bertz CT molecular complexity index is 240. The second-order valence-corrected chi connectivity index (χ2v) is 5.17. The van der Waals surface area contributed by atoms with Crippen molar-refractivity contribution in [2.45, 2.75) is 27.7 Å². The summed E-state index contributed by atoms with van der Waals surface area (Å²) in [6.45, 7) is 8.40. The van der Waals surface area contributed by atoms with Gasteiger partial charge in [0.05, 0.1) is 12.8 Å². The first-order valence-electron chi connectivity index (χ1n) is 5.25. The fraction of sp³-hybridized carbons (Fsp3) is 0.889. The van der Waals surface area contributed by atoms with Gasteiger partial charge in [-0.05, 0) is 20.8 Å². The molecule has 90 valence electrons. The Labute approximate surface area is 91.3 Å². The van der Waals surface area contributed by atoms with E-state index >= 15 is 0 Å². The highest BCUT2D eigenvalue weighted by Crippen LogP contribution is 2.47. The van der Waals surface area contributed by atoms with Crippen molar-refractivity contribution in [1.29, 1.82) is 0 Å². The quantitative estimate of drug-likeness (QED) is 0.666. The first kappa shape index (κ1) is 14.5. The minimum absolute atomic E-state index is 0.202. The molecular formula is C9H20NO4P. The van der Waals surface area contributed by atoms with Crippen LogP contribution < -0.4 is 0 Å². The summed E-state index contributed by atoms with van der Waals surface area (Å²) >= 11 is 0. The molecule has 0 aromatic rings. The van der Waals surface area contributed by atoms with Gasteiger partial charge in [0, 0.05) is 13.1 Å². The standard InChI is InChI=1S/C9H20NO4P/c1-5-10(6-2)9(11)14-15(12,8-4)13-7-3/h5-8H2,1-4H3. The second kappa shape index (κ2) is 6.85. The van der Waals surface area contributed by atoms with Gasteiger partial charge in [0.25, 0.3) is 0 Å². The van der Waals surface area contributed by atoms with Crippen LogP contribution in [0.3, 0.4) is 0 Å². The highest BCUT2D eigenvalue weighted by atomic mass is 31.2. The van der Waals surface area contributed by atoms with Gasteiger partial charge < -0.3 is 9.42 Å². The van der Waals surface area contributed by atoms with E-state index in [0.717, 1.165) is 0 Å². The van der Waals surface area contributed by atoms with Crippen molar-refractivity contribution < 1.29 is 18.4 Å². The summed E-state index contributed by atoms with van der Waals surface area (Å²) in [5.41, 5.74) is 0. The van der Waals surface area contributed by atoms with Crippen LogP contribution in [0, 0.1) is 0 Å². The van der Waals surface area contributed by atoms with Gasteiger partial charge in [-0.25, -0.2) is 9.36 Å². The number of hydrogen-bond donors (Lipinski definition) is 0. The summed E-state index contributed by atoms with van der Waals surface area (Å²) in [5.74, 6) is 0. The molecule has 0 fully saturated rings. The first-order valence-corrected chi connectivity index (χ1v) is 6.97. The molecule has 0 aliphatic carbocycles. The zero-order valence-corrected chi connectivity index (χ0v) is 10.8. The number of carbonyl (C=O) groups excluding carboxylic acids is 1. The molecule has 0 aromatic carbocycles. The predicted octanol–water partition coefficient (Wildman–Crippen LogP) is 2.71. The minimum Gasteiger partial charge on any atom is -0.375 e. The van der Waals surface area contributed by atoms with Crippen molar-refractivity contribution in [3.63, 3.8) is 0 Å². The zero-order valence-electron chi connectivity index (χ0n) is 9.86. The number of amides is 1. The van der Waals surface area contributed by atoms with Gasteiger partial charge in [0.15, 0.2) is 0 Å². The molecule has 0 heterocycles. The number of nitrogens with zero attached hydrogens (tertiary/aromatic N) is 1. The maximum atomic E-state index is 11.8. The van der Waals surface area contributed by atoms with Gasteiger partial charge in [-0.3, -0.25) is 4.52 Å². The van der Waals surface area contributed by atoms with Crippen molar-refractivity contribution in [3.8, 4) is 0 Å². The Balaban J connectivity index is 4.41. The summed E-state index contributed by atoms with van der Waals surface area (Å²) < 4.78 is 21.7. The van der Waals surface area contributed by atoms with Crippen LogP contribution in [0.5, 0.6) is 0 Å². The van der Waals surface area contributed by atoms with Crippen molar-refractivity contribution in [2.24, 2.45) is 0 Å². The molecule has 0 saturated carbocycles. The number of rotatable bonds is 6. The van der Waals surface area contributed by atoms with E-state index in [4.69, 9.17) is 9.05 Å². The molecule has 0 saturated heterocycles. The maximum Gasteiger partial charge on any atom is 0.416 e. The number of hydrogen-bond acceptors (Lipinski definition) is 4. The average molecular weight is 237 g/mol. The van der Waals surface area contributed by atoms with Gasteiger partial charge in [0.2, 0.25) is 0 Å². The monoisotopic (exact) mass is 237 g/mol. The largest absolute Gasteiger partial charge is 0.416 e. The molecule has 1 unspecified atom stereocenters. The van der Waals surface area contributed by atoms with Crippen LogP contribution in [0.15, 0.2) is 0 Å². The molecule has 0 aliphatic rings. The topological polar surface area (TPSA) is 55.8 Å². The van der Waals surface area contributed by atoms with Crippen molar-refractivity contribution in [2.75, 3.05) is 25.9 Å². The van der Waals surface area contributed by atoms with Gasteiger partial charge >= 0.3 is 13.7 Å². The summed E-state index contributed by atoms with van der Waals surface area (Å²) in [5, 5.41) is 0. The normalized spacial score (nSPS) is 14.4. The van der Waals surface area contributed by atoms with Crippen LogP contribution in [0.2, 0.25) is 0 Å². The van der Waals surface area contributed by atoms with Crippen molar-refractivity contribution in [3.05, 3.63) is 0 Å².